The van der Waals surface area contributed by atoms with Crippen LogP contribution in [-0.2, 0) is 16.0 Å². The molecule has 0 spiro atoms. The zero-order valence-electron chi connectivity index (χ0n) is 12.4. The summed E-state index contributed by atoms with van der Waals surface area (Å²) in [6.45, 7) is 4.66. The van der Waals surface area contributed by atoms with Gasteiger partial charge in [0.15, 0.2) is 0 Å². The number of imide groups is 1. The van der Waals surface area contributed by atoms with Crippen LogP contribution in [0.4, 0.5) is 0 Å². The van der Waals surface area contributed by atoms with Crippen LogP contribution in [0.25, 0.3) is 0 Å². The molecule has 0 aromatic heterocycles. The molecule has 0 unspecified atom stereocenters. The highest BCUT2D eigenvalue weighted by Crippen LogP contribution is 2.36. The molecule has 3 nitrogen and oxygen atoms in total. The van der Waals surface area contributed by atoms with Crippen LogP contribution in [0.15, 0.2) is 30.3 Å². The maximum atomic E-state index is 12.2. The Morgan fingerprint density at radius 3 is 2.25 bits per heavy atom. The monoisotopic (exact) mass is 273 g/mol. The van der Waals surface area contributed by atoms with E-state index >= 15 is 0 Å². The quantitative estimate of drug-likeness (QED) is 0.773. The van der Waals surface area contributed by atoms with Gasteiger partial charge in [-0.1, -0.05) is 50.6 Å². The van der Waals surface area contributed by atoms with Gasteiger partial charge in [-0.2, -0.15) is 0 Å². The lowest BCUT2D eigenvalue weighted by atomic mass is 9.76. The minimum Gasteiger partial charge on any atom is -0.282 e. The SMILES string of the molecule is CCCC1(C)CC(=O)N(CCc2ccccc2)C(=O)C1. The Bertz CT molecular complexity index is 463. The van der Waals surface area contributed by atoms with Crippen LogP contribution in [0, 0.1) is 5.41 Å². The smallest absolute Gasteiger partial charge is 0.229 e. The predicted molar refractivity (Wildman–Crippen MR) is 79.1 cm³/mol. The summed E-state index contributed by atoms with van der Waals surface area (Å²) < 4.78 is 0. The number of likely N-dealkylation sites (tertiary alicyclic amines) is 1. The highest BCUT2D eigenvalue weighted by atomic mass is 16.2. The normalized spacial score (nSPS) is 18.4. The third kappa shape index (κ3) is 3.47. The fourth-order valence-electron chi connectivity index (χ4n) is 3.04. The van der Waals surface area contributed by atoms with Crippen LogP contribution in [0.1, 0.15) is 45.1 Å². The van der Waals surface area contributed by atoms with E-state index in [2.05, 4.69) is 13.8 Å². The van der Waals surface area contributed by atoms with E-state index in [9.17, 15) is 9.59 Å². The Morgan fingerprint density at radius 1 is 1.10 bits per heavy atom. The molecule has 108 valence electrons. The van der Waals surface area contributed by atoms with E-state index in [1.807, 2.05) is 30.3 Å². The van der Waals surface area contributed by atoms with Crippen molar-refractivity contribution >= 4 is 11.8 Å². The summed E-state index contributed by atoms with van der Waals surface area (Å²) in [6, 6.07) is 9.98. The second-order valence-electron chi connectivity index (χ2n) is 6.09. The summed E-state index contributed by atoms with van der Waals surface area (Å²) in [5.74, 6) is -0.0127. The fraction of sp³-hybridized carbons (Fsp3) is 0.529. The van der Waals surface area contributed by atoms with Gasteiger partial charge < -0.3 is 0 Å². The van der Waals surface area contributed by atoms with Crippen LogP contribution in [-0.4, -0.2) is 23.3 Å². The minimum atomic E-state index is -0.133. The molecule has 0 bridgehead atoms. The molecular formula is C17H23NO2. The molecule has 1 heterocycles. The molecule has 20 heavy (non-hydrogen) atoms. The lowest BCUT2D eigenvalue weighted by molar-refractivity contribution is -0.153. The molecule has 1 saturated heterocycles. The molecule has 2 rings (SSSR count). The number of benzene rings is 1. The molecule has 1 aliphatic heterocycles. The van der Waals surface area contributed by atoms with Crippen LogP contribution in [0.2, 0.25) is 0 Å². The molecular weight excluding hydrogens is 250 g/mol. The van der Waals surface area contributed by atoms with Crippen molar-refractivity contribution in [3.63, 3.8) is 0 Å². The van der Waals surface area contributed by atoms with Crippen molar-refractivity contribution < 1.29 is 9.59 Å². The highest BCUT2D eigenvalue weighted by molar-refractivity contribution is 5.98. The molecule has 0 N–H and O–H groups in total. The van der Waals surface area contributed by atoms with Crippen molar-refractivity contribution in [2.45, 2.75) is 46.0 Å². The standard InChI is InChI=1S/C17H23NO2/c1-3-10-17(2)12-15(19)18(16(20)13-17)11-9-14-7-5-4-6-8-14/h4-8H,3,9-13H2,1-2H3. The molecule has 1 aliphatic rings. The number of nitrogens with zero attached hydrogens (tertiary/aromatic N) is 1. The fourth-order valence-corrected chi connectivity index (χ4v) is 3.04. The zero-order valence-corrected chi connectivity index (χ0v) is 12.4. The van der Waals surface area contributed by atoms with Crippen molar-refractivity contribution in [2.24, 2.45) is 5.41 Å². The van der Waals surface area contributed by atoms with Gasteiger partial charge in [-0.25, -0.2) is 0 Å². The largest absolute Gasteiger partial charge is 0.282 e. The highest BCUT2D eigenvalue weighted by Gasteiger charge is 2.39. The van der Waals surface area contributed by atoms with Crippen molar-refractivity contribution in [1.82, 2.24) is 4.90 Å². The van der Waals surface area contributed by atoms with Crippen molar-refractivity contribution in [1.29, 1.82) is 0 Å². The molecule has 3 heteroatoms. The summed E-state index contributed by atoms with van der Waals surface area (Å²) in [7, 11) is 0. The summed E-state index contributed by atoms with van der Waals surface area (Å²) in [6.07, 6.45) is 3.70. The Morgan fingerprint density at radius 2 is 1.70 bits per heavy atom. The van der Waals surface area contributed by atoms with Gasteiger partial charge in [0.25, 0.3) is 0 Å². The van der Waals surface area contributed by atoms with Gasteiger partial charge in [-0.15, -0.1) is 0 Å². The van der Waals surface area contributed by atoms with Crippen LogP contribution < -0.4 is 0 Å². The summed E-state index contributed by atoms with van der Waals surface area (Å²) in [4.78, 5) is 25.9. The summed E-state index contributed by atoms with van der Waals surface area (Å²) in [5.41, 5.74) is 1.03. The van der Waals surface area contributed by atoms with E-state index in [0.717, 1.165) is 24.8 Å². The average Bonchev–Trinajstić information content (AvgIpc) is 2.38. The molecule has 2 amide bonds. The van der Waals surface area contributed by atoms with Crippen LogP contribution >= 0.6 is 0 Å². The number of amides is 2. The number of hydrogen-bond donors (Lipinski definition) is 0. The van der Waals surface area contributed by atoms with Gasteiger partial charge in [0.2, 0.25) is 11.8 Å². The van der Waals surface area contributed by atoms with Gasteiger partial charge in [0, 0.05) is 19.4 Å². The first kappa shape index (κ1) is 14.8. The number of carbonyl (C=O) groups excluding carboxylic acids is 2. The first-order valence-electron chi connectivity index (χ1n) is 7.41. The lowest BCUT2D eigenvalue weighted by Gasteiger charge is -2.37. The maximum absolute atomic E-state index is 12.2. The van der Waals surface area contributed by atoms with E-state index < -0.39 is 0 Å². The molecule has 0 saturated carbocycles. The number of carbonyl (C=O) groups is 2. The molecule has 1 aromatic rings. The number of hydrogen-bond acceptors (Lipinski definition) is 2. The predicted octanol–water partition coefficient (Wildman–Crippen LogP) is 3.18. The first-order valence-corrected chi connectivity index (χ1v) is 7.41. The van der Waals surface area contributed by atoms with Gasteiger partial charge >= 0.3 is 0 Å². The second-order valence-corrected chi connectivity index (χ2v) is 6.09. The van der Waals surface area contributed by atoms with Crippen molar-refractivity contribution in [3.8, 4) is 0 Å². The Labute approximate surface area is 121 Å². The average molecular weight is 273 g/mol. The third-order valence-corrected chi connectivity index (χ3v) is 4.08. The van der Waals surface area contributed by atoms with Crippen molar-refractivity contribution in [2.75, 3.05) is 6.54 Å². The maximum Gasteiger partial charge on any atom is 0.229 e. The number of rotatable bonds is 5. The van der Waals surface area contributed by atoms with Crippen molar-refractivity contribution in [3.05, 3.63) is 35.9 Å². The third-order valence-electron chi connectivity index (χ3n) is 4.08. The first-order chi connectivity index (χ1) is 9.54. The van der Waals surface area contributed by atoms with E-state index in [1.165, 1.54) is 4.90 Å². The molecule has 1 fully saturated rings. The molecule has 1 aromatic carbocycles. The molecule has 0 atom stereocenters. The van der Waals surface area contributed by atoms with Crippen LogP contribution in [0.5, 0.6) is 0 Å². The summed E-state index contributed by atoms with van der Waals surface area (Å²) >= 11 is 0. The lowest BCUT2D eigenvalue weighted by Crippen LogP contribution is -2.47. The number of piperidine rings is 1. The Balaban J connectivity index is 1.97. The summed E-state index contributed by atoms with van der Waals surface area (Å²) in [5, 5.41) is 0. The molecule has 0 aliphatic carbocycles. The Kier molecular flexibility index (Phi) is 4.58. The van der Waals surface area contributed by atoms with E-state index in [-0.39, 0.29) is 17.2 Å². The van der Waals surface area contributed by atoms with Gasteiger partial charge in [0.1, 0.15) is 0 Å². The zero-order chi connectivity index (χ0) is 14.6. The van der Waals surface area contributed by atoms with E-state index in [1.54, 1.807) is 0 Å². The van der Waals surface area contributed by atoms with E-state index in [0.29, 0.717) is 19.4 Å². The topological polar surface area (TPSA) is 37.4 Å². The Hall–Kier alpha value is -1.64. The van der Waals surface area contributed by atoms with Gasteiger partial charge in [-0.05, 0) is 23.8 Å². The minimum absolute atomic E-state index is 0.00636. The second kappa shape index (κ2) is 6.21. The van der Waals surface area contributed by atoms with Gasteiger partial charge in [-0.3, -0.25) is 14.5 Å². The van der Waals surface area contributed by atoms with E-state index in [4.69, 9.17) is 0 Å². The molecule has 0 radical (unpaired) electrons. The van der Waals surface area contributed by atoms with Gasteiger partial charge in [0.05, 0.1) is 0 Å². The van der Waals surface area contributed by atoms with Crippen LogP contribution in [0.3, 0.4) is 0 Å².